The number of aromatic nitrogens is 1. The fourth-order valence-corrected chi connectivity index (χ4v) is 4.05. The van der Waals surface area contributed by atoms with Crippen LogP contribution in [-0.4, -0.2) is 32.2 Å². The van der Waals surface area contributed by atoms with Gasteiger partial charge in [0.05, 0.1) is 24.5 Å². The number of hydrogen-bond donors (Lipinski definition) is 2. The molecule has 0 saturated heterocycles. The van der Waals surface area contributed by atoms with Crippen molar-refractivity contribution in [1.29, 1.82) is 0 Å². The van der Waals surface area contributed by atoms with Crippen LogP contribution in [-0.2, 0) is 34.1 Å². The van der Waals surface area contributed by atoms with Gasteiger partial charge in [0.2, 0.25) is 15.9 Å². The van der Waals surface area contributed by atoms with Crippen LogP contribution in [0.15, 0.2) is 54.6 Å². The number of sulfonamides is 1. The van der Waals surface area contributed by atoms with Crippen molar-refractivity contribution in [3.8, 4) is 17.0 Å². The highest BCUT2D eigenvalue weighted by atomic mass is 32.2. The normalized spacial score (nSPS) is 12.7. The lowest BCUT2D eigenvalue weighted by Gasteiger charge is -2.17. The van der Waals surface area contributed by atoms with Gasteiger partial charge in [-0.25, -0.2) is 22.5 Å². The second-order valence-electron chi connectivity index (χ2n) is 8.51. The molecule has 3 aromatic rings. The Kier molecular flexibility index (Phi) is 9.10. The van der Waals surface area contributed by atoms with Gasteiger partial charge in [0, 0.05) is 24.2 Å². The van der Waals surface area contributed by atoms with Crippen molar-refractivity contribution in [3.05, 3.63) is 82.8 Å². The molecule has 7 nitrogen and oxygen atoms in total. The minimum absolute atomic E-state index is 0.0191. The molecule has 2 aromatic carbocycles. The highest BCUT2D eigenvalue weighted by Crippen LogP contribution is 2.35. The lowest BCUT2D eigenvalue weighted by molar-refractivity contribution is -0.141. The van der Waals surface area contributed by atoms with E-state index in [2.05, 4.69) is 15.0 Å². The average Bonchev–Trinajstić information content (AvgIpc) is 2.85. The van der Waals surface area contributed by atoms with Crippen molar-refractivity contribution >= 4 is 15.9 Å². The van der Waals surface area contributed by atoms with Crippen molar-refractivity contribution in [1.82, 2.24) is 15.0 Å². The number of ether oxygens (including phenoxy) is 1. The summed E-state index contributed by atoms with van der Waals surface area (Å²) >= 11 is 0. The maximum Gasteiger partial charge on any atom is 0.433 e. The zero-order valence-corrected chi connectivity index (χ0v) is 21.7. The number of benzene rings is 2. The van der Waals surface area contributed by atoms with E-state index in [1.54, 1.807) is 38.1 Å². The van der Waals surface area contributed by atoms with Gasteiger partial charge >= 0.3 is 6.18 Å². The van der Waals surface area contributed by atoms with E-state index in [-0.39, 0.29) is 24.3 Å². The molecular formula is C26H27F4N3O4S. The molecule has 0 aliphatic heterocycles. The second-order valence-corrected chi connectivity index (χ2v) is 10.3. The van der Waals surface area contributed by atoms with Crippen LogP contribution in [0.5, 0.6) is 5.75 Å². The highest BCUT2D eigenvalue weighted by molar-refractivity contribution is 7.88. The first-order valence-electron chi connectivity index (χ1n) is 11.6. The molecule has 204 valence electrons. The second kappa shape index (κ2) is 11.9. The number of hydrogen-bond acceptors (Lipinski definition) is 5. The van der Waals surface area contributed by atoms with E-state index < -0.39 is 39.5 Å². The number of rotatable bonds is 10. The van der Waals surface area contributed by atoms with Crippen LogP contribution in [0.1, 0.15) is 42.1 Å². The number of alkyl halides is 3. The first-order chi connectivity index (χ1) is 17.8. The van der Waals surface area contributed by atoms with Crippen molar-refractivity contribution < 1.29 is 35.5 Å². The summed E-state index contributed by atoms with van der Waals surface area (Å²) < 4.78 is 85.0. The number of amides is 1. The molecule has 1 heterocycles. The number of carbonyl (C=O) groups is 1. The largest absolute Gasteiger partial charge is 0.493 e. The minimum atomic E-state index is -4.67. The van der Waals surface area contributed by atoms with Gasteiger partial charge in [-0.1, -0.05) is 30.3 Å². The lowest BCUT2D eigenvalue weighted by Crippen LogP contribution is -2.28. The number of halogens is 4. The van der Waals surface area contributed by atoms with Gasteiger partial charge in [0.15, 0.2) is 0 Å². The monoisotopic (exact) mass is 553 g/mol. The van der Waals surface area contributed by atoms with Crippen LogP contribution in [0, 0.1) is 5.82 Å². The Balaban J connectivity index is 1.83. The van der Waals surface area contributed by atoms with Gasteiger partial charge in [-0.15, -0.1) is 0 Å². The van der Waals surface area contributed by atoms with E-state index in [1.165, 1.54) is 18.2 Å². The summed E-state index contributed by atoms with van der Waals surface area (Å²) in [6.45, 7) is 3.21. The van der Waals surface area contributed by atoms with Crippen LogP contribution in [0.25, 0.3) is 11.3 Å². The summed E-state index contributed by atoms with van der Waals surface area (Å²) in [6, 6.07) is 12.7. The van der Waals surface area contributed by atoms with Crippen molar-refractivity contribution in [2.75, 3.05) is 12.9 Å². The van der Waals surface area contributed by atoms with Crippen LogP contribution in [0.4, 0.5) is 17.6 Å². The topological polar surface area (TPSA) is 97.4 Å². The van der Waals surface area contributed by atoms with Crippen LogP contribution >= 0.6 is 0 Å². The summed E-state index contributed by atoms with van der Waals surface area (Å²) in [6.07, 6.45) is -3.71. The van der Waals surface area contributed by atoms with Gasteiger partial charge in [0.25, 0.3) is 0 Å². The number of nitrogens with zero attached hydrogens (tertiary/aromatic N) is 1. The van der Waals surface area contributed by atoms with E-state index >= 15 is 0 Å². The van der Waals surface area contributed by atoms with Gasteiger partial charge in [-0.05, 0) is 49.2 Å². The molecule has 1 unspecified atom stereocenters. The molecule has 0 spiro atoms. The SMILES string of the molecule is CCOc1ccccc1-c1nc(C(F)(F)F)ccc1CNC(=O)C(C)c1ccc(CNS(C)(=O)=O)c(F)c1. The summed E-state index contributed by atoms with van der Waals surface area (Å²) in [5.74, 6) is -1.62. The van der Waals surface area contributed by atoms with Gasteiger partial charge in [-0.2, -0.15) is 13.2 Å². The molecule has 0 saturated carbocycles. The smallest absolute Gasteiger partial charge is 0.433 e. The summed E-state index contributed by atoms with van der Waals surface area (Å²) in [4.78, 5) is 16.7. The maximum atomic E-state index is 14.5. The molecule has 12 heteroatoms. The molecule has 0 aliphatic rings. The quantitative estimate of drug-likeness (QED) is 0.353. The third kappa shape index (κ3) is 7.51. The molecule has 0 fully saturated rings. The van der Waals surface area contributed by atoms with Gasteiger partial charge < -0.3 is 10.1 Å². The standard InChI is InChI=1S/C26H27F4N3O4S/c1-4-37-22-8-6-5-7-20(22)24-19(11-12-23(33-24)26(28,29)30)14-31-25(34)16(2)17-9-10-18(21(27)13-17)15-32-38(3,35)36/h5-13,16,32H,4,14-15H2,1-3H3,(H,31,34). The van der Waals surface area contributed by atoms with E-state index in [9.17, 15) is 30.8 Å². The molecule has 0 bridgehead atoms. The Morgan fingerprint density at radius 2 is 1.74 bits per heavy atom. The van der Waals surface area contributed by atoms with Crippen LogP contribution in [0.2, 0.25) is 0 Å². The molecule has 1 atom stereocenters. The summed E-state index contributed by atoms with van der Waals surface area (Å²) in [5.41, 5.74) is 0.0711. The summed E-state index contributed by atoms with van der Waals surface area (Å²) in [7, 11) is -3.51. The van der Waals surface area contributed by atoms with E-state index in [4.69, 9.17) is 4.74 Å². The van der Waals surface area contributed by atoms with Crippen molar-refractivity contribution in [2.24, 2.45) is 0 Å². The Hall–Kier alpha value is -3.51. The predicted octanol–water partition coefficient (Wildman–Crippen LogP) is 4.77. The Morgan fingerprint density at radius 3 is 2.37 bits per heavy atom. The van der Waals surface area contributed by atoms with Crippen LogP contribution < -0.4 is 14.8 Å². The predicted molar refractivity (Wildman–Crippen MR) is 134 cm³/mol. The molecule has 1 aromatic heterocycles. The minimum Gasteiger partial charge on any atom is -0.493 e. The number of para-hydroxylation sites is 1. The molecule has 0 aliphatic carbocycles. The molecule has 3 rings (SSSR count). The lowest BCUT2D eigenvalue weighted by atomic mass is 9.98. The zero-order valence-electron chi connectivity index (χ0n) is 20.9. The van der Waals surface area contributed by atoms with E-state index in [0.717, 1.165) is 18.4 Å². The maximum absolute atomic E-state index is 14.5. The van der Waals surface area contributed by atoms with E-state index in [1.807, 2.05) is 0 Å². The number of pyridine rings is 1. The van der Waals surface area contributed by atoms with Crippen molar-refractivity contribution in [2.45, 2.75) is 39.0 Å². The average molecular weight is 554 g/mol. The van der Waals surface area contributed by atoms with Gasteiger partial charge in [-0.3, -0.25) is 4.79 Å². The summed E-state index contributed by atoms with van der Waals surface area (Å²) in [5, 5.41) is 2.68. The first-order valence-corrected chi connectivity index (χ1v) is 13.5. The molecule has 0 radical (unpaired) electrons. The molecule has 1 amide bonds. The van der Waals surface area contributed by atoms with Crippen molar-refractivity contribution in [3.63, 3.8) is 0 Å². The highest BCUT2D eigenvalue weighted by Gasteiger charge is 2.33. The fraction of sp³-hybridized carbons (Fsp3) is 0.308. The molecule has 38 heavy (non-hydrogen) atoms. The Bertz CT molecular complexity index is 1410. The zero-order chi connectivity index (χ0) is 28.1. The molecule has 2 N–H and O–H groups in total. The number of carbonyl (C=O) groups excluding carboxylic acids is 1. The van der Waals surface area contributed by atoms with Gasteiger partial charge in [0.1, 0.15) is 17.3 Å². The van der Waals surface area contributed by atoms with E-state index in [0.29, 0.717) is 29.0 Å². The Morgan fingerprint density at radius 1 is 1.05 bits per heavy atom. The molecular weight excluding hydrogens is 526 g/mol. The first kappa shape index (κ1) is 29.1. The van der Waals surface area contributed by atoms with Crippen LogP contribution in [0.3, 0.4) is 0 Å². The number of nitrogens with one attached hydrogen (secondary N) is 2. The third-order valence-electron chi connectivity index (χ3n) is 5.66. The Labute approximate surface area is 218 Å². The third-order valence-corrected chi connectivity index (χ3v) is 6.33. The fourth-order valence-electron chi connectivity index (χ4n) is 3.64.